The summed E-state index contributed by atoms with van der Waals surface area (Å²) in [4.78, 5) is 23.3. The molecule has 1 amide bonds. The Morgan fingerprint density at radius 1 is 1.25 bits per heavy atom. The van der Waals surface area contributed by atoms with Gasteiger partial charge in [0.2, 0.25) is 0 Å². The molecule has 0 aliphatic rings. The van der Waals surface area contributed by atoms with Gasteiger partial charge in [0.25, 0.3) is 5.91 Å². The van der Waals surface area contributed by atoms with E-state index in [1.54, 1.807) is 12.1 Å². The molecule has 0 aromatic carbocycles. The van der Waals surface area contributed by atoms with E-state index in [0.717, 1.165) is 0 Å². The van der Waals surface area contributed by atoms with Crippen LogP contribution in [-0.2, 0) is 0 Å². The van der Waals surface area contributed by atoms with E-state index >= 15 is 0 Å². The first-order chi connectivity index (χ1) is 7.77. The Balaban J connectivity index is 2.19. The molecule has 16 heavy (non-hydrogen) atoms. The summed E-state index contributed by atoms with van der Waals surface area (Å²) >= 11 is 0. The average Bonchev–Trinajstić information content (AvgIpc) is 2.31. The van der Waals surface area contributed by atoms with Crippen LogP contribution < -0.4 is 11.1 Å². The molecule has 0 saturated carbocycles. The van der Waals surface area contributed by atoms with E-state index in [0.29, 0.717) is 11.4 Å². The number of carbonyl (C=O) groups is 1. The molecule has 0 aliphatic heterocycles. The second-order valence-corrected chi connectivity index (χ2v) is 2.98. The van der Waals surface area contributed by atoms with Crippen LogP contribution in [0.2, 0.25) is 0 Å². The van der Waals surface area contributed by atoms with Crippen LogP contribution in [0.25, 0.3) is 0 Å². The van der Waals surface area contributed by atoms with Crippen molar-refractivity contribution < 1.29 is 4.79 Å². The maximum Gasteiger partial charge on any atom is 0.260 e. The van der Waals surface area contributed by atoms with E-state index in [1.165, 1.54) is 24.8 Å². The van der Waals surface area contributed by atoms with Gasteiger partial charge in [-0.2, -0.15) is 0 Å². The number of nitrogens with one attached hydrogen (secondary N) is 1. The van der Waals surface area contributed by atoms with Gasteiger partial charge in [0, 0.05) is 18.6 Å². The van der Waals surface area contributed by atoms with Crippen LogP contribution in [0.3, 0.4) is 0 Å². The number of hydrogen-bond donors (Lipinski definition) is 2. The molecular formula is C10H9N5O. The van der Waals surface area contributed by atoms with Crippen LogP contribution in [0.5, 0.6) is 0 Å². The Labute approximate surface area is 91.6 Å². The Morgan fingerprint density at radius 3 is 2.81 bits per heavy atom. The minimum Gasteiger partial charge on any atom is -0.383 e. The summed E-state index contributed by atoms with van der Waals surface area (Å²) in [6, 6.07) is 3.23. The summed E-state index contributed by atoms with van der Waals surface area (Å²) in [5.74, 6) is 0.200. The summed E-state index contributed by atoms with van der Waals surface area (Å²) in [6.45, 7) is 0. The van der Waals surface area contributed by atoms with Crippen LogP contribution >= 0.6 is 0 Å². The molecule has 6 nitrogen and oxygen atoms in total. The molecule has 0 aliphatic carbocycles. The second kappa shape index (κ2) is 4.35. The molecule has 2 rings (SSSR count). The van der Waals surface area contributed by atoms with Crippen LogP contribution in [0, 0.1) is 0 Å². The molecule has 0 bridgehead atoms. The van der Waals surface area contributed by atoms with Crippen LogP contribution in [0.15, 0.2) is 36.9 Å². The predicted octanol–water partition coefficient (Wildman–Crippen LogP) is 0.706. The number of carbonyl (C=O) groups excluding carboxylic acids is 1. The molecule has 0 atom stereocenters. The standard InChI is InChI=1S/C10H9N5O/c11-9-7(2-1-3-14-9)10(16)15-8-6-12-4-5-13-8/h1-6H,(H2,11,14)(H,13,15,16). The number of nitrogens with two attached hydrogens (primary N) is 1. The Bertz CT molecular complexity index is 500. The van der Waals surface area contributed by atoms with Crippen molar-refractivity contribution in [1.29, 1.82) is 0 Å². The molecule has 0 spiro atoms. The molecule has 3 N–H and O–H groups in total. The zero-order valence-electron chi connectivity index (χ0n) is 8.29. The second-order valence-electron chi connectivity index (χ2n) is 2.98. The maximum atomic E-state index is 11.7. The first-order valence-corrected chi connectivity index (χ1v) is 4.55. The lowest BCUT2D eigenvalue weighted by Gasteiger charge is -2.04. The third-order valence-electron chi connectivity index (χ3n) is 1.89. The van der Waals surface area contributed by atoms with Crippen molar-refractivity contribution in [3.8, 4) is 0 Å². The van der Waals surface area contributed by atoms with Crippen molar-refractivity contribution in [1.82, 2.24) is 15.0 Å². The fourth-order valence-corrected chi connectivity index (χ4v) is 1.16. The maximum absolute atomic E-state index is 11.7. The van der Waals surface area contributed by atoms with Gasteiger partial charge in [0.15, 0.2) is 5.82 Å². The fourth-order valence-electron chi connectivity index (χ4n) is 1.16. The van der Waals surface area contributed by atoms with E-state index in [2.05, 4.69) is 20.3 Å². The lowest BCUT2D eigenvalue weighted by Crippen LogP contribution is -2.15. The van der Waals surface area contributed by atoms with Crippen molar-refractivity contribution >= 4 is 17.5 Å². The summed E-state index contributed by atoms with van der Waals surface area (Å²) in [5, 5.41) is 2.57. The first kappa shape index (κ1) is 10.0. The van der Waals surface area contributed by atoms with Gasteiger partial charge in [-0.25, -0.2) is 9.97 Å². The van der Waals surface area contributed by atoms with E-state index in [4.69, 9.17) is 5.73 Å². The van der Waals surface area contributed by atoms with Crippen molar-refractivity contribution in [3.63, 3.8) is 0 Å². The minimum absolute atomic E-state index is 0.184. The van der Waals surface area contributed by atoms with E-state index in [-0.39, 0.29) is 11.7 Å². The van der Waals surface area contributed by atoms with Gasteiger partial charge in [-0.15, -0.1) is 0 Å². The van der Waals surface area contributed by atoms with E-state index < -0.39 is 0 Å². The highest BCUT2D eigenvalue weighted by molar-refractivity contribution is 6.06. The quantitative estimate of drug-likeness (QED) is 0.769. The summed E-state index contributed by atoms with van der Waals surface area (Å²) in [6.07, 6.45) is 5.98. The van der Waals surface area contributed by atoms with Crippen molar-refractivity contribution in [2.45, 2.75) is 0 Å². The summed E-state index contributed by atoms with van der Waals surface area (Å²) in [7, 11) is 0. The predicted molar refractivity (Wildman–Crippen MR) is 58.6 cm³/mol. The molecule has 0 saturated heterocycles. The molecule has 2 aromatic rings. The number of amides is 1. The molecule has 80 valence electrons. The van der Waals surface area contributed by atoms with Gasteiger partial charge in [-0.3, -0.25) is 9.78 Å². The van der Waals surface area contributed by atoms with Crippen LogP contribution in [0.1, 0.15) is 10.4 Å². The third kappa shape index (κ3) is 2.11. The highest BCUT2D eigenvalue weighted by Crippen LogP contribution is 2.09. The number of pyridine rings is 1. The summed E-state index contributed by atoms with van der Waals surface area (Å²) in [5.41, 5.74) is 5.88. The normalized spacial score (nSPS) is 9.75. The first-order valence-electron chi connectivity index (χ1n) is 4.55. The number of nitrogens with zero attached hydrogens (tertiary/aromatic N) is 3. The van der Waals surface area contributed by atoms with Gasteiger partial charge in [0.05, 0.1) is 11.8 Å². The summed E-state index contributed by atoms with van der Waals surface area (Å²) < 4.78 is 0. The fraction of sp³-hybridized carbons (Fsp3) is 0. The Kier molecular flexibility index (Phi) is 2.73. The smallest absolute Gasteiger partial charge is 0.260 e. The van der Waals surface area contributed by atoms with Crippen molar-refractivity contribution in [3.05, 3.63) is 42.5 Å². The van der Waals surface area contributed by atoms with Gasteiger partial charge in [-0.1, -0.05) is 0 Å². The van der Waals surface area contributed by atoms with Gasteiger partial charge in [0.1, 0.15) is 5.82 Å². The molecule has 6 heteroatoms. The largest absolute Gasteiger partial charge is 0.383 e. The molecule has 0 fully saturated rings. The number of nitrogen functional groups attached to an aromatic ring is 1. The Morgan fingerprint density at radius 2 is 2.12 bits per heavy atom. The SMILES string of the molecule is Nc1ncccc1C(=O)Nc1cnccn1. The lowest BCUT2D eigenvalue weighted by molar-refractivity contribution is 0.102. The number of hydrogen-bond acceptors (Lipinski definition) is 5. The van der Waals surface area contributed by atoms with Gasteiger partial charge >= 0.3 is 0 Å². The highest BCUT2D eigenvalue weighted by atomic mass is 16.1. The Hall–Kier alpha value is -2.50. The van der Waals surface area contributed by atoms with Crippen LogP contribution in [0.4, 0.5) is 11.6 Å². The molecule has 0 radical (unpaired) electrons. The van der Waals surface area contributed by atoms with Gasteiger partial charge in [-0.05, 0) is 12.1 Å². The number of rotatable bonds is 2. The molecule has 0 unspecified atom stereocenters. The lowest BCUT2D eigenvalue weighted by atomic mass is 10.2. The van der Waals surface area contributed by atoms with Gasteiger partial charge < -0.3 is 11.1 Å². The monoisotopic (exact) mass is 215 g/mol. The zero-order chi connectivity index (χ0) is 11.4. The third-order valence-corrected chi connectivity index (χ3v) is 1.89. The van der Waals surface area contributed by atoms with Crippen molar-refractivity contribution in [2.24, 2.45) is 0 Å². The molecular weight excluding hydrogens is 206 g/mol. The van der Waals surface area contributed by atoms with E-state index in [9.17, 15) is 4.79 Å². The average molecular weight is 215 g/mol. The zero-order valence-corrected chi connectivity index (χ0v) is 8.29. The highest BCUT2D eigenvalue weighted by Gasteiger charge is 2.10. The number of aromatic nitrogens is 3. The van der Waals surface area contributed by atoms with Crippen molar-refractivity contribution in [2.75, 3.05) is 11.1 Å². The molecule has 2 aromatic heterocycles. The topological polar surface area (TPSA) is 93.8 Å². The minimum atomic E-state index is -0.355. The molecule has 2 heterocycles. The number of anilines is 2. The van der Waals surface area contributed by atoms with Crippen LogP contribution in [-0.4, -0.2) is 20.9 Å². The van der Waals surface area contributed by atoms with E-state index in [1.807, 2.05) is 0 Å².